The first-order valence-electron chi connectivity index (χ1n) is 7.39. The summed E-state index contributed by atoms with van der Waals surface area (Å²) in [4.78, 5) is 27.3. The summed E-state index contributed by atoms with van der Waals surface area (Å²) in [6, 6.07) is 5.72. The van der Waals surface area contributed by atoms with Gasteiger partial charge in [0.1, 0.15) is 0 Å². The SMILES string of the molecule is CC(C)[C@@H](CCO)NC(=O)c1ccc([N+](=O)[O-])c2cccnc12. The van der Waals surface area contributed by atoms with Crippen LogP contribution < -0.4 is 5.32 Å². The second-order valence-electron chi connectivity index (χ2n) is 5.63. The third-order valence-electron chi connectivity index (χ3n) is 3.75. The van der Waals surface area contributed by atoms with Crippen molar-refractivity contribution in [2.45, 2.75) is 26.3 Å². The topological polar surface area (TPSA) is 105 Å². The lowest BCUT2D eigenvalue weighted by Gasteiger charge is -2.21. The number of aliphatic hydroxyl groups excluding tert-OH is 1. The van der Waals surface area contributed by atoms with E-state index in [4.69, 9.17) is 5.11 Å². The monoisotopic (exact) mass is 317 g/mol. The number of aliphatic hydroxyl groups is 1. The summed E-state index contributed by atoms with van der Waals surface area (Å²) in [7, 11) is 0. The normalized spacial score (nSPS) is 12.3. The van der Waals surface area contributed by atoms with Crippen molar-refractivity contribution < 1.29 is 14.8 Å². The number of aromatic nitrogens is 1. The van der Waals surface area contributed by atoms with Crippen LogP contribution in [0.2, 0.25) is 0 Å². The minimum atomic E-state index is -0.492. The standard InChI is InChI=1S/C16H19N3O4/c1-10(2)13(7-9-20)18-16(21)12-5-6-14(19(22)23)11-4-3-8-17-15(11)12/h3-6,8,10,13,20H,7,9H2,1-2H3,(H,18,21)/t13-/m1/s1. The van der Waals surface area contributed by atoms with Crippen molar-refractivity contribution in [1.82, 2.24) is 10.3 Å². The third kappa shape index (κ3) is 3.62. The lowest BCUT2D eigenvalue weighted by molar-refractivity contribution is -0.383. The molecule has 7 heteroatoms. The highest BCUT2D eigenvalue weighted by atomic mass is 16.6. The highest BCUT2D eigenvalue weighted by molar-refractivity contribution is 6.07. The van der Waals surface area contributed by atoms with Crippen LogP contribution in [0.15, 0.2) is 30.5 Å². The van der Waals surface area contributed by atoms with Gasteiger partial charge in [0.05, 0.1) is 21.4 Å². The third-order valence-corrected chi connectivity index (χ3v) is 3.75. The Morgan fingerprint density at radius 1 is 1.39 bits per heavy atom. The van der Waals surface area contributed by atoms with Crippen LogP contribution in [0.4, 0.5) is 5.69 Å². The van der Waals surface area contributed by atoms with Crippen molar-refractivity contribution in [2.24, 2.45) is 5.92 Å². The predicted molar refractivity (Wildman–Crippen MR) is 86.2 cm³/mol. The number of nitrogens with one attached hydrogen (secondary N) is 1. The van der Waals surface area contributed by atoms with Crippen molar-refractivity contribution in [2.75, 3.05) is 6.61 Å². The molecular formula is C16H19N3O4. The quantitative estimate of drug-likeness (QED) is 0.628. The highest BCUT2D eigenvalue weighted by Gasteiger charge is 2.21. The average molecular weight is 317 g/mol. The number of non-ortho nitro benzene ring substituents is 1. The van der Waals surface area contributed by atoms with Gasteiger partial charge < -0.3 is 10.4 Å². The van der Waals surface area contributed by atoms with Gasteiger partial charge in [-0.15, -0.1) is 0 Å². The lowest BCUT2D eigenvalue weighted by Crippen LogP contribution is -2.39. The van der Waals surface area contributed by atoms with Gasteiger partial charge in [0.2, 0.25) is 0 Å². The Labute approximate surface area is 133 Å². The van der Waals surface area contributed by atoms with E-state index in [1.54, 1.807) is 12.1 Å². The Kier molecular flexibility index (Phi) is 5.23. The fourth-order valence-corrected chi connectivity index (χ4v) is 2.46. The molecule has 0 radical (unpaired) electrons. The van der Waals surface area contributed by atoms with E-state index in [1.165, 1.54) is 18.3 Å². The highest BCUT2D eigenvalue weighted by Crippen LogP contribution is 2.26. The number of pyridine rings is 1. The first-order valence-corrected chi connectivity index (χ1v) is 7.39. The van der Waals surface area contributed by atoms with Crippen molar-refractivity contribution in [3.05, 3.63) is 46.1 Å². The van der Waals surface area contributed by atoms with Crippen molar-refractivity contribution in [3.8, 4) is 0 Å². The van der Waals surface area contributed by atoms with Gasteiger partial charge in [-0.1, -0.05) is 13.8 Å². The van der Waals surface area contributed by atoms with E-state index in [-0.39, 0.29) is 35.7 Å². The molecule has 0 bridgehead atoms. The van der Waals surface area contributed by atoms with E-state index in [1.807, 2.05) is 13.8 Å². The Bertz CT molecular complexity index is 730. The zero-order chi connectivity index (χ0) is 17.0. The van der Waals surface area contributed by atoms with Crippen molar-refractivity contribution in [3.63, 3.8) is 0 Å². The summed E-state index contributed by atoms with van der Waals surface area (Å²) in [5, 5.41) is 23.4. The second kappa shape index (κ2) is 7.15. The minimum Gasteiger partial charge on any atom is -0.396 e. The molecule has 2 N–H and O–H groups in total. The van der Waals surface area contributed by atoms with Crippen molar-refractivity contribution >= 4 is 22.5 Å². The molecule has 7 nitrogen and oxygen atoms in total. The van der Waals surface area contributed by atoms with Gasteiger partial charge in [-0.25, -0.2) is 0 Å². The van der Waals surface area contributed by atoms with Gasteiger partial charge >= 0.3 is 0 Å². The van der Waals surface area contributed by atoms with Gasteiger partial charge in [-0.3, -0.25) is 19.9 Å². The molecule has 0 spiro atoms. The van der Waals surface area contributed by atoms with Gasteiger partial charge in [-0.05, 0) is 30.5 Å². The number of nitro groups is 1. The van der Waals surface area contributed by atoms with Gasteiger partial charge in [0, 0.05) is 24.9 Å². The van der Waals surface area contributed by atoms with Crippen LogP contribution in [0.3, 0.4) is 0 Å². The molecule has 2 aromatic rings. The molecule has 1 heterocycles. The molecule has 0 aliphatic heterocycles. The smallest absolute Gasteiger partial charge is 0.278 e. The Morgan fingerprint density at radius 2 is 2.13 bits per heavy atom. The fourth-order valence-electron chi connectivity index (χ4n) is 2.46. The lowest BCUT2D eigenvalue weighted by atomic mass is 10.00. The van der Waals surface area contributed by atoms with E-state index in [0.717, 1.165) is 0 Å². The molecule has 1 atom stereocenters. The number of carbonyl (C=O) groups is 1. The Morgan fingerprint density at radius 3 is 2.74 bits per heavy atom. The number of carbonyl (C=O) groups excluding carboxylic acids is 1. The van der Waals surface area contributed by atoms with E-state index in [2.05, 4.69) is 10.3 Å². The molecule has 0 saturated carbocycles. The number of hydrogen-bond donors (Lipinski definition) is 2. The summed E-state index contributed by atoms with van der Waals surface area (Å²) in [6.45, 7) is 3.88. The molecule has 0 aliphatic rings. The minimum absolute atomic E-state index is 0.0254. The van der Waals surface area contributed by atoms with E-state index in [0.29, 0.717) is 17.3 Å². The summed E-state index contributed by atoms with van der Waals surface area (Å²) in [5.41, 5.74) is 0.501. The number of nitrogens with zero attached hydrogens (tertiary/aromatic N) is 2. The van der Waals surface area contributed by atoms with Crippen molar-refractivity contribution in [1.29, 1.82) is 0 Å². The van der Waals surface area contributed by atoms with Crippen LogP contribution in [-0.4, -0.2) is 33.6 Å². The van der Waals surface area contributed by atoms with E-state index in [9.17, 15) is 14.9 Å². The maximum Gasteiger partial charge on any atom is 0.278 e. The first-order chi connectivity index (χ1) is 11.0. The van der Waals surface area contributed by atoms with Crippen LogP contribution in [0.5, 0.6) is 0 Å². The van der Waals surface area contributed by atoms with Crippen LogP contribution in [0.1, 0.15) is 30.6 Å². The number of nitro benzene ring substituents is 1. The molecule has 122 valence electrons. The molecule has 1 aromatic carbocycles. The van der Waals surface area contributed by atoms with Gasteiger partial charge in [0.25, 0.3) is 11.6 Å². The zero-order valence-corrected chi connectivity index (χ0v) is 13.0. The number of benzene rings is 1. The summed E-state index contributed by atoms with van der Waals surface area (Å²) in [5.74, 6) is -0.195. The summed E-state index contributed by atoms with van der Waals surface area (Å²) >= 11 is 0. The number of fused-ring (bicyclic) bond motifs is 1. The van der Waals surface area contributed by atoms with Crippen LogP contribution in [0.25, 0.3) is 10.9 Å². The summed E-state index contributed by atoms with van der Waals surface area (Å²) < 4.78 is 0. The van der Waals surface area contributed by atoms with Gasteiger partial charge in [-0.2, -0.15) is 0 Å². The maximum absolute atomic E-state index is 12.5. The molecule has 2 rings (SSSR count). The summed E-state index contributed by atoms with van der Waals surface area (Å²) in [6.07, 6.45) is 1.94. The molecule has 23 heavy (non-hydrogen) atoms. The first kappa shape index (κ1) is 16.8. The average Bonchev–Trinajstić information content (AvgIpc) is 2.52. The molecule has 0 fully saturated rings. The molecule has 1 amide bonds. The molecular weight excluding hydrogens is 298 g/mol. The van der Waals surface area contributed by atoms with Crippen LogP contribution in [0, 0.1) is 16.0 Å². The molecule has 0 unspecified atom stereocenters. The predicted octanol–water partition coefficient (Wildman–Crippen LogP) is 2.28. The molecule has 0 aliphatic carbocycles. The van der Waals surface area contributed by atoms with Crippen LogP contribution in [-0.2, 0) is 0 Å². The second-order valence-corrected chi connectivity index (χ2v) is 5.63. The van der Waals surface area contributed by atoms with Gasteiger partial charge in [0.15, 0.2) is 0 Å². The zero-order valence-electron chi connectivity index (χ0n) is 13.0. The maximum atomic E-state index is 12.5. The molecule has 1 aromatic heterocycles. The fraction of sp³-hybridized carbons (Fsp3) is 0.375. The number of hydrogen-bond acceptors (Lipinski definition) is 5. The molecule has 0 saturated heterocycles. The number of amides is 1. The number of rotatable bonds is 6. The Hall–Kier alpha value is -2.54. The van der Waals surface area contributed by atoms with E-state index < -0.39 is 4.92 Å². The van der Waals surface area contributed by atoms with Crippen LogP contribution >= 0.6 is 0 Å². The largest absolute Gasteiger partial charge is 0.396 e. The van der Waals surface area contributed by atoms with E-state index >= 15 is 0 Å². The Balaban J connectivity index is 2.42.